The zero-order chi connectivity index (χ0) is 13.9. The van der Waals surface area contributed by atoms with Gasteiger partial charge in [-0.15, -0.1) is 0 Å². The van der Waals surface area contributed by atoms with Gasteiger partial charge in [-0.25, -0.2) is 4.79 Å². The molecule has 0 spiro atoms. The molecule has 3 rings (SSSR count). The van der Waals surface area contributed by atoms with E-state index in [1.165, 1.54) is 0 Å². The summed E-state index contributed by atoms with van der Waals surface area (Å²) in [5.41, 5.74) is 2.33. The number of carbonyl (C=O) groups excluding carboxylic acids is 1. The van der Waals surface area contributed by atoms with Gasteiger partial charge in [0, 0.05) is 10.6 Å². The Bertz CT molecular complexity index is 698. The summed E-state index contributed by atoms with van der Waals surface area (Å²) < 4.78 is 5.28. The Morgan fingerprint density at radius 3 is 2.35 bits per heavy atom. The summed E-state index contributed by atoms with van der Waals surface area (Å²) in [5.74, 6) is 0.245. The predicted octanol–water partition coefficient (Wildman–Crippen LogP) is 4.32. The lowest BCUT2D eigenvalue weighted by Crippen LogP contribution is -1.96. The van der Waals surface area contributed by atoms with Gasteiger partial charge in [-0.3, -0.25) is 0 Å². The smallest absolute Gasteiger partial charge is 0.343 e. The first-order valence-electron chi connectivity index (χ1n) is 6.19. The summed E-state index contributed by atoms with van der Waals surface area (Å²) in [4.78, 5) is 11.9. The fourth-order valence-corrected chi connectivity index (χ4v) is 2.10. The molecule has 2 aromatic carbocycles. The molecule has 1 aliphatic heterocycles. The van der Waals surface area contributed by atoms with E-state index in [2.05, 4.69) is 0 Å². The minimum absolute atomic E-state index is 0.334. The minimum Gasteiger partial charge on any atom is -0.422 e. The molecule has 0 radical (unpaired) electrons. The SMILES string of the molecule is O=C1OC(c2ccccc2)=C/C1=C/c1ccc(Cl)cc1. The number of cyclic esters (lactones) is 1. The van der Waals surface area contributed by atoms with E-state index in [-0.39, 0.29) is 5.97 Å². The molecule has 1 heterocycles. The summed E-state index contributed by atoms with van der Waals surface area (Å²) in [5, 5.41) is 0.668. The average Bonchev–Trinajstić information content (AvgIpc) is 2.84. The summed E-state index contributed by atoms with van der Waals surface area (Å²) in [7, 11) is 0. The van der Waals surface area contributed by atoms with E-state index in [1.807, 2.05) is 42.5 Å². The highest BCUT2D eigenvalue weighted by Gasteiger charge is 2.21. The molecule has 0 saturated carbocycles. The fourth-order valence-electron chi connectivity index (χ4n) is 1.97. The van der Waals surface area contributed by atoms with Crippen LogP contribution in [0.5, 0.6) is 0 Å². The Morgan fingerprint density at radius 2 is 1.65 bits per heavy atom. The Kier molecular flexibility index (Phi) is 3.40. The number of hydrogen-bond donors (Lipinski definition) is 0. The molecule has 2 nitrogen and oxygen atoms in total. The van der Waals surface area contributed by atoms with Crippen molar-refractivity contribution >= 4 is 29.4 Å². The van der Waals surface area contributed by atoms with E-state index in [1.54, 1.807) is 24.3 Å². The highest BCUT2D eigenvalue weighted by atomic mass is 35.5. The predicted molar refractivity (Wildman–Crippen MR) is 79.9 cm³/mol. The zero-order valence-corrected chi connectivity index (χ0v) is 11.3. The van der Waals surface area contributed by atoms with E-state index < -0.39 is 0 Å². The number of halogens is 1. The summed E-state index contributed by atoms with van der Waals surface area (Å²) in [6.45, 7) is 0. The quantitative estimate of drug-likeness (QED) is 0.606. The average molecular weight is 283 g/mol. The van der Waals surface area contributed by atoms with Crippen LogP contribution in [0.15, 0.2) is 66.2 Å². The van der Waals surface area contributed by atoms with Crippen LogP contribution >= 0.6 is 11.6 Å². The van der Waals surface area contributed by atoms with Crippen molar-refractivity contribution in [3.63, 3.8) is 0 Å². The van der Waals surface area contributed by atoms with Crippen LogP contribution in [0.3, 0.4) is 0 Å². The minimum atomic E-state index is -0.334. The molecule has 2 aromatic rings. The molecule has 0 N–H and O–H groups in total. The molecule has 0 aliphatic carbocycles. The van der Waals surface area contributed by atoms with Gasteiger partial charge >= 0.3 is 5.97 Å². The van der Waals surface area contributed by atoms with Crippen molar-refractivity contribution in [3.8, 4) is 0 Å². The zero-order valence-electron chi connectivity index (χ0n) is 10.5. The number of benzene rings is 2. The lowest BCUT2D eigenvalue weighted by atomic mass is 10.1. The van der Waals surface area contributed by atoms with Crippen LogP contribution in [-0.2, 0) is 9.53 Å². The molecule has 0 fully saturated rings. The number of ether oxygens (including phenoxy) is 1. The van der Waals surface area contributed by atoms with Crippen LogP contribution in [0, 0.1) is 0 Å². The van der Waals surface area contributed by atoms with Gasteiger partial charge in [-0.1, -0.05) is 54.1 Å². The largest absolute Gasteiger partial charge is 0.422 e. The summed E-state index contributed by atoms with van der Waals surface area (Å²) in [6.07, 6.45) is 3.54. The molecular weight excluding hydrogens is 272 g/mol. The fraction of sp³-hybridized carbons (Fsp3) is 0. The third kappa shape index (κ3) is 2.65. The topological polar surface area (TPSA) is 26.3 Å². The second kappa shape index (κ2) is 5.35. The molecular formula is C17H11ClO2. The third-order valence-electron chi connectivity index (χ3n) is 2.98. The van der Waals surface area contributed by atoms with Gasteiger partial charge in [0.25, 0.3) is 0 Å². The molecule has 1 aliphatic rings. The molecule has 0 atom stereocenters. The highest BCUT2D eigenvalue weighted by Crippen LogP contribution is 2.27. The van der Waals surface area contributed by atoms with Gasteiger partial charge in [0.1, 0.15) is 5.76 Å². The number of rotatable bonds is 2. The van der Waals surface area contributed by atoms with Gasteiger partial charge in [-0.05, 0) is 29.8 Å². The van der Waals surface area contributed by atoms with Crippen molar-refractivity contribution in [1.82, 2.24) is 0 Å². The second-order valence-electron chi connectivity index (χ2n) is 4.42. The van der Waals surface area contributed by atoms with Crippen LogP contribution < -0.4 is 0 Å². The monoisotopic (exact) mass is 282 g/mol. The number of carbonyl (C=O) groups is 1. The van der Waals surface area contributed by atoms with Crippen LogP contribution in [0.2, 0.25) is 5.02 Å². The molecule has 0 aromatic heterocycles. The van der Waals surface area contributed by atoms with Gasteiger partial charge in [0.15, 0.2) is 0 Å². The second-order valence-corrected chi connectivity index (χ2v) is 4.85. The summed E-state index contributed by atoms with van der Waals surface area (Å²) >= 11 is 5.84. The van der Waals surface area contributed by atoms with Crippen molar-refractivity contribution in [3.05, 3.63) is 82.4 Å². The van der Waals surface area contributed by atoms with Crippen LogP contribution in [0.1, 0.15) is 11.1 Å². The van der Waals surface area contributed by atoms with Crippen LogP contribution in [0.25, 0.3) is 11.8 Å². The van der Waals surface area contributed by atoms with Gasteiger partial charge in [0.05, 0.1) is 5.57 Å². The van der Waals surface area contributed by atoms with Crippen molar-refractivity contribution in [2.45, 2.75) is 0 Å². The lowest BCUT2D eigenvalue weighted by Gasteiger charge is -2.00. The molecule has 3 heteroatoms. The maximum atomic E-state index is 11.9. The maximum absolute atomic E-state index is 11.9. The highest BCUT2D eigenvalue weighted by molar-refractivity contribution is 6.30. The van der Waals surface area contributed by atoms with Crippen molar-refractivity contribution < 1.29 is 9.53 Å². The maximum Gasteiger partial charge on any atom is 0.343 e. The summed E-state index contributed by atoms with van der Waals surface area (Å²) in [6, 6.07) is 16.8. The first-order valence-corrected chi connectivity index (χ1v) is 6.57. The Hall–Kier alpha value is -2.32. The first-order chi connectivity index (χ1) is 9.72. The standard InChI is InChI=1S/C17H11ClO2/c18-15-8-6-12(7-9-15)10-14-11-16(20-17(14)19)13-4-2-1-3-5-13/h1-11H/b14-10-. The number of hydrogen-bond acceptors (Lipinski definition) is 2. The lowest BCUT2D eigenvalue weighted by molar-refractivity contribution is -0.130. The third-order valence-corrected chi connectivity index (χ3v) is 3.23. The van der Waals surface area contributed by atoms with E-state index in [4.69, 9.17) is 16.3 Å². The van der Waals surface area contributed by atoms with E-state index in [0.29, 0.717) is 16.4 Å². The van der Waals surface area contributed by atoms with Crippen molar-refractivity contribution in [2.75, 3.05) is 0 Å². The molecule has 0 bridgehead atoms. The molecule has 0 unspecified atom stereocenters. The van der Waals surface area contributed by atoms with E-state index >= 15 is 0 Å². The molecule has 0 amide bonds. The Balaban J connectivity index is 1.92. The Morgan fingerprint density at radius 1 is 0.950 bits per heavy atom. The van der Waals surface area contributed by atoms with Crippen molar-refractivity contribution in [1.29, 1.82) is 0 Å². The number of esters is 1. The van der Waals surface area contributed by atoms with Crippen LogP contribution in [0.4, 0.5) is 0 Å². The first kappa shape index (κ1) is 12.7. The molecule has 0 saturated heterocycles. The van der Waals surface area contributed by atoms with Gasteiger partial charge in [-0.2, -0.15) is 0 Å². The Labute approximate surface area is 122 Å². The molecule has 98 valence electrons. The normalized spacial score (nSPS) is 16.1. The van der Waals surface area contributed by atoms with Crippen molar-refractivity contribution in [2.24, 2.45) is 0 Å². The van der Waals surface area contributed by atoms with E-state index in [0.717, 1.165) is 11.1 Å². The van der Waals surface area contributed by atoms with Crippen LogP contribution in [-0.4, -0.2) is 5.97 Å². The van der Waals surface area contributed by atoms with Gasteiger partial charge in [0.2, 0.25) is 0 Å². The van der Waals surface area contributed by atoms with E-state index in [9.17, 15) is 4.79 Å². The van der Waals surface area contributed by atoms with Gasteiger partial charge < -0.3 is 4.74 Å². The molecule has 20 heavy (non-hydrogen) atoms.